The topological polar surface area (TPSA) is 67.4 Å². The van der Waals surface area contributed by atoms with Gasteiger partial charge in [0, 0.05) is 11.6 Å². The van der Waals surface area contributed by atoms with Crippen LogP contribution in [0.25, 0.3) is 5.13 Å². The van der Waals surface area contributed by atoms with Crippen LogP contribution < -0.4 is 0 Å². The summed E-state index contributed by atoms with van der Waals surface area (Å²) in [6, 6.07) is 1.35. The number of rotatable bonds is 1. The van der Waals surface area contributed by atoms with E-state index in [9.17, 15) is 13.2 Å². The first kappa shape index (κ1) is 10.6. The highest BCUT2D eigenvalue weighted by Gasteiger charge is 2.40. The molecule has 0 N–H and O–H groups in total. The largest absolute Gasteiger partial charge is 0.436 e. The summed E-state index contributed by atoms with van der Waals surface area (Å²) in [6.07, 6.45) is -3.35. The number of nitriles is 1. The zero-order valence-corrected chi connectivity index (χ0v) is 8.25. The third kappa shape index (κ3) is 1.63. The van der Waals surface area contributed by atoms with Gasteiger partial charge in [0.25, 0.3) is 0 Å². The summed E-state index contributed by atoms with van der Waals surface area (Å²) >= 11 is 0.970. The van der Waals surface area contributed by atoms with Gasteiger partial charge < -0.3 is 0 Å². The Kier molecular flexibility index (Phi) is 2.35. The van der Waals surface area contributed by atoms with Crippen molar-refractivity contribution in [1.29, 1.82) is 5.26 Å². The lowest BCUT2D eigenvalue weighted by atomic mass is 10.3. The van der Waals surface area contributed by atoms with E-state index in [0.717, 1.165) is 11.3 Å². The summed E-state index contributed by atoms with van der Waals surface area (Å²) in [7, 11) is 0. The number of halogens is 3. The predicted octanol–water partition coefficient (Wildman–Crippen LogP) is 1.61. The van der Waals surface area contributed by atoms with Crippen molar-refractivity contribution in [1.82, 2.24) is 20.0 Å². The van der Waals surface area contributed by atoms with Crippen LogP contribution in [0.1, 0.15) is 11.4 Å². The van der Waals surface area contributed by atoms with Gasteiger partial charge in [-0.15, -0.1) is 16.4 Å². The quantitative estimate of drug-likeness (QED) is 0.765. The van der Waals surface area contributed by atoms with E-state index < -0.39 is 17.6 Å². The summed E-state index contributed by atoms with van der Waals surface area (Å²) in [4.78, 5) is 3.68. The van der Waals surface area contributed by atoms with Gasteiger partial charge in [0.05, 0.1) is 0 Å². The number of alkyl halides is 3. The second-order valence-electron chi connectivity index (χ2n) is 2.62. The van der Waals surface area contributed by atoms with Crippen LogP contribution in [0, 0.1) is 11.3 Å². The number of aromatic nitrogens is 4. The Morgan fingerprint density at radius 3 is 2.69 bits per heavy atom. The molecule has 5 nitrogen and oxygen atoms in total. The van der Waals surface area contributed by atoms with Crippen LogP contribution in [0.15, 0.2) is 11.6 Å². The molecule has 82 valence electrons. The van der Waals surface area contributed by atoms with Gasteiger partial charge in [-0.3, -0.25) is 0 Å². The zero-order chi connectivity index (χ0) is 11.8. The monoisotopic (exact) mass is 245 g/mol. The van der Waals surface area contributed by atoms with Crippen LogP contribution >= 0.6 is 11.3 Å². The van der Waals surface area contributed by atoms with Crippen LogP contribution in [0.5, 0.6) is 0 Å². The molecule has 2 heterocycles. The fourth-order valence-electron chi connectivity index (χ4n) is 1.07. The normalized spacial score (nSPS) is 11.4. The number of nitrogens with zero attached hydrogens (tertiary/aromatic N) is 5. The van der Waals surface area contributed by atoms with E-state index in [2.05, 4.69) is 15.3 Å². The molecule has 2 rings (SSSR count). The lowest BCUT2D eigenvalue weighted by Gasteiger charge is -2.06. The molecule has 16 heavy (non-hydrogen) atoms. The Balaban J connectivity index is 2.65. The van der Waals surface area contributed by atoms with Crippen molar-refractivity contribution >= 4 is 11.3 Å². The number of thiazole rings is 1. The lowest BCUT2D eigenvalue weighted by Crippen LogP contribution is -2.14. The highest BCUT2D eigenvalue weighted by atomic mass is 32.1. The molecule has 0 spiro atoms. The van der Waals surface area contributed by atoms with E-state index in [1.807, 2.05) is 0 Å². The minimum absolute atomic E-state index is 0.0151. The Labute approximate surface area is 90.8 Å². The molecule has 0 aliphatic heterocycles. The molecule has 0 aliphatic carbocycles. The van der Waals surface area contributed by atoms with Gasteiger partial charge in [-0.25, -0.2) is 4.98 Å². The maximum atomic E-state index is 12.6. The summed E-state index contributed by atoms with van der Waals surface area (Å²) in [5.41, 5.74) is -1.97. The molecule has 0 bridgehead atoms. The Morgan fingerprint density at radius 1 is 1.44 bits per heavy atom. The van der Waals surface area contributed by atoms with E-state index in [1.165, 1.54) is 17.6 Å². The smallest absolute Gasteiger partial charge is 0.227 e. The van der Waals surface area contributed by atoms with Gasteiger partial charge in [-0.05, 0) is 0 Å². The molecule has 2 aromatic rings. The van der Waals surface area contributed by atoms with Crippen LogP contribution in [0.2, 0.25) is 0 Å². The SMILES string of the molecule is N#Cc1nnn(-c2nccs2)c1C(F)(F)F. The van der Waals surface area contributed by atoms with Gasteiger partial charge in [0.1, 0.15) is 6.07 Å². The summed E-state index contributed by atoms with van der Waals surface area (Å²) in [5, 5.41) is 16.5. The van der Waals surface area contributed by atoms with Crippen molar-refractivity contribution in [2.45, 2.75) is 6.18 Å². The first-order chi connectivity index (χ1) is 7.54. The standard InChI is InChI=1S/C7H2F3N5S/c8-7(9,10)5-4(3-11)13-14-15(5)6-12-1-2-16-6/h1-2H. The van der Waals surface area contributed by atoms with Crippen molar-refractivity contribution in [2.24, 2.45) is 0 Å². The first-order valence-corrected chi connectivity index (χ1v) is 4.75. The van der Waals surface area contributed by atoms with E-state index in [-0.39, 0.29) is 5.13 Å². The average molecular weight is 245 g/mol. The van der Waals surface area contributed by atoms with Gasteiger partial charge >= 0.3 is 6.18 Å². The number of hydrogen-bond donors (Lipinski definition) is 0. The maximum absolute atomic E-state index is 12.6. The van der Waals surface area contributed by atoms with Crippen molar-refractivity contribution in [3.8, 4) is 11.2 Å². The molecule has 0 fully saturated rings. The molecule has 2 aromatic heterocycles. The fourth-order valence-corrected chi connectivity index (χ4v) is 1.66. The molecule has 0 aliphatic rings. The van der Waals surface area contributed by atoms with Crippen molar-refractivity contribution < 1.29 is 13.2 Å². The van der Waals surface area contributed by atoms with E-state index in [0.29, 0.717) is 4.68 Å². The minimum atomic E-state index is -4.69. The van der Waals surface area contributed by atoms with Crippen LogP contribution in [0.3, 0.4) is 0 Å². The highest BCUT2D eigenvalue weighted by molar-refractivity contribution is 7.12. The molecule has 0 atom stereocenters. The van der Waals surface area contributed by atoms with Crippen LogP contribution in [0.4, 0.5) is 13.2 Å². The summed E-state index contributed by atoms with van der Waals surface area (Å²) < 4.78 is 38.5. The van der Waals surface area contributed by atoms with Crippen LogP contribution in [-0.4, -0.2) is 20.0 Å². The summed E-state index contributed by atoms with van der Waals surface area (Å²) in [6.45, 7) is 0. The second kappa shape index (κ2) is 3.57. The Morgan fingerprint density at radius 2 is 2.19 bits per heavy atom. The Hall–Kier alpha value is -1.95. The molecular formula is C7H2F3N5S. The lowest BCUT2D eigenvalue weighted by molar-refractivity contribution is -0.143. The van der Waals surface area contributed by atoms with Gasteiger partial charge in [0.15, 0.2) is 11.4 Å². The van der Waals surface area contributed by atoms with Crippen LogP contribution in [-0.2, 0) is 6.18 Å². The third-order valence-corrected chi connectivity index (χ3v) is 2.39. The molecule has 0 unspecified atom stereocenters. The molecular weight excluding hydrogens is 243 g/mol. The first-order valence-electron chi connectivity index (χ1n) is 3.87. The average Bonchev–Trinajstić information content (AvgIpc) is 2.84. The fraction of sp³-hybridized carbons (Fsp3) is 0.143. The third-order valence-electron chi connectivity index (χ3n) is 1.65. The van der Waals surface area contributed by atoms with E-state index in [1.54, 1.807) is 0 Å². The molecule has 0 radical (unpaired) electrons. The molecule has 0 saturated carbocycles. The molecule has 0 amide bonds. The van der Waals surface area contributed by atoms with Crippen molar-refractivity contribution in [3.05, 3.63) is 23.0 Å². The second-order valence-corrected chi connectivity index (χ2v) is 3.50. The van der Waals surface area contributed by atoms with Crippen molar-refractivity contribution in [2.75, 3.05) is 0 Å². The number of hydrogen-bond acceptors (Lipinski definition) is 5. The molecule has 0 saturated heterocycles. The van der Waals surface area contributed by atoms with Gasteiger partial charge in [-0.2, -0.15) is 23.1 Å². The molecule has 0 aromatic carbocycles. The highest BCUT2D eigenvalue weighted by Crippen LogP contribution is 2.32. The predicted molar refractivity (Wildman–Crippen MR) is 46.7 cm³/mol. The Bertz CT molecular complexity index is 535. The maximum Gasteiger partial charge on any atom is 0.436 e. The van der Waals surface area contributed by atoms with E-state index >= 15 is 0 Å². The summed E-state index contributed by atoms with van der Waals surface area (Å²) in [5.74, 6) is 0. The minimum Gasteiger partial charge on any atom is -0.227 e. The van der Waals surface area contributed by atoms with Gasteiger partial charge in [0.2, 0.25) is 5.13 Å². The van der Waals surface area contributed by atoms with Gasteiger partial charge in [-0.1, -0.05) is 5.21 Å². The molecule has 9 heteroatoms. The zero-order valence-electron chi connectivity index (χ0n) is 7.43. The van der Waals surface area contributed by atoms with Crippen molar-refractivity contribution in [3.63, 3.8) is 0 Å². The van der Waals surface area contributed by atoms with E-state index in [4.69, 9.17) is 5.26 Å².